The van der Waals surface area contributed by atoms with Crippen LogP contribution >= 0.6 is 0 Å². The number of hydrogen-bond donors (Lipinski definition) is 1. The lowest BCUT2D eigenvalue weighted by molar-refractivity contribution is 0.0641. The van der Waals surface area contributed by atoms with Gasteiger partial charge >= 0.3 is 0 Å². The molecule has 3 amide bonds. The molecule has 0 atom stereocenters. The third-order valence-corrected chi connectivity index (χ3v) is 4.64. The fourth-order valence-corrected chi connectivity index (χ4v) is 3.12. The Kier molecular flexibility index (Phi) is 6.77. The normalized spacial score (nSPS) is 13.1. The van der Waals surface area contributed by atoms with Gasteiger partial charge in [0, 0.05) is 25.3 Å². The van der Waals surface area contributed by atoms with Crippen molar-refractivity contribution in [1.82, 2.24) is 10.2 Å². The van der Waals surface area contributed by atoms with Gasteiger partial charge in [-0.05, 0) is 42.2 Å². The Labute approximate surface area is 170 Å². The Morgan fingerprint density at radius 2 is 1.62 bits per heavy atom. The van der Waals surface area contributed by atoms with Crippen LogP contribution < -0.4 is 5.32 Å². The number of imide groups is 1. The minimum absolute atomic E-state index is 0.152. The molecule has 29 heavy (non-hydrogen) atoms. The maximum atomic E-state index is 12.4. The van der Waals surface area contributed by atoms with Crippen LogP contribution in [-0.2, 0) is 11.3 Å². The molecule has 3 rings (SSSR count). The zero-order valence-electron chi connectivity index (χ0n) is 16.8. The molecule has 0 saturated carbocycles. The summed E-state index contributed by atoms with van der Waals surface area (Å²) in [5.41, 5.74) is 2.20. The maximum Gasteiger partial charge on any atom is 0.261 e. The molecular formula is C23H26N2O4. The minimum Gasteiger partial charge on any atom is -0.381 e. The molecule has 0 fully saturated rings. The molecule has 0 radical (unpaired) electrons. The van der Waals surface area contributed by atoms with Crippen LogP contribution in [0, 0.1) is 5.92 Å². The minimum atomic E-state index is -0.285. The number of benzene rings is 2. The van der Waals surface area contributed by atoms with Gasteiger partial charge in [0.15, 0.2) is 0 Å². The molecule has 1 N–H and O–H groups in total. The Balaban J connectivity index is 1.50. The predicted molar refractivity (Wildman–Crippen MR) is 110 cm³/mol. The third-order valence-electron chi connectivity index (χ3n) is 4.64. The van der Waals surface area contributed by atoms with Gasteiger partial charge in [-0.25, -0.2) is 0 Å². The van der Waals surface area contributed by atoms with E-state index in [-0.39, 0.29) is 24.3 Å². The second-order valence-corrected chi connectivity index (χ2v) is 7.52. The monoisotopic (exact) mass is 394 g/mol. The van der Waals surface area contributed by atoms with Gasteiger partial charge in [-0.15, -0.1) is 0 Å². The van der Waals surface area contributed by atoms with E-state index in [2.05, 4.69) is 19.2 Å². The number of ether oxygens (including phenoxy) is 1. The number of carbonyl (C=O) groups excluding carboxylic acids is 3. The molecule has 1 aliphatic rings. The van der Waals surface area contributed by atoms with E-state index >= 15 is 0 Å². The van der Waals surface area contributed by atoms with Crippen molar-refractivity contribution in [2.75, 3.05) is 19.8 Å². The van der Waals surface area contributed by atoms with E-state index in [1.165, 1.54) is 4.90 Å². The summed E-state index contributed by atoms with van der Waals surface area (Å²) in [6.07, 6.45) is 0.760. The average molecular weight is 394 g/mol. The molecule has 0 spiro atoms. The van der Waals surface area contributed by atoms with Crippen molar-refractivity contribution in [2.45, 2.75) is 26.8 Å². The summed E-state index contributed by atoms with van der Waals surface area (Å²) in [5, 5.41) is 2.87. The van der Waals surface area contributed by atoms with Crippen LogP contribution in [-0.4, -0.2) is 42.4 Å². The van der Waals surface area contributed by atoms with Crippen molar-refractivity contribution in [3.05, 3.63) is 70.8 Å². The van der Waals surface area contributed by atoms with Crippen molar-refractivity contribution in [2.24, 2.45) is 5.92 Å². The number of nitrogens with zero attached hydrogens (tertiary/aromatic N) is 1. The highest BCUT2D eigenvalue weighted by molar-refractivity contribution is 6.21. The van der Waals surface area contributed by atoms with E-state index in [0.717, 1.165) is 18.6 Å². The molecule has 0 aliphatic carbocycles. The number of carbonyl (C=O) groups is 3. The van der Waals surface area contributed by atoms with E-state index in [1.807, 2.05) is 0 Å². The Hall–Kier alpha value is -2.99. The van der Waals surface area contributed by atoms with Crippen molar-refractivity contribution < 1.29 is 19.1 Å². The van der Waals surface area contributed by atoms with Crippen LogP contribution in [0.2, 0.25) is 0 Å². The van der Waals surface area contributed by atoms with Crippen LogP contribution in [0.4, 0.5) is 0 Å². The highest BCUT2D eigenvalue weighted by atomic mass is 16.5. The summed E-state index contributed by atoms with van der Waals surface area (Å²) in [6.45, 7) is 6.27. The predicted octanol–water partition coefficient (Wildman–Crippen LogP) is 3.28. The first-order valence-corrected chi connectivity index (χ1v) is 9.87. The standard InChI is InChI=1S/C23H26N2O4/c1-16(2)15-29-13-5-12-24-21(26)18-10-8-17(9-11-18)14-25-22(27)19-6-3-4-7-20(19)23(25)28/h3-4,6-11,16H,5,12-15H2,1-2H3,(H,24,26). The van der Waals surface area contributed by atoms with Gasteiger partial charge in [-0.3, -0.25) is 19.3 Å². The van der Waals surface area contributed by atoms with Gasteiger partial charge in [0.05, 0.1) is 17.7 Å². The number of amides is 3. The number of rotatable bonds is 9. The first-order chi connectivity index (χ1) is 14.0. The second kappa shape index (κ2) is 9.47. The summed E-state index contributed by atoms with van der Waals surface area (Å²) < 4.78 is 5.49. The van der Waals surface area contributed by atoms with Gasteiger partial charge < -0.3 is 10.1 Å². The van der Waals surface area contributed by atoms with Gasteiger partial charge in [-0.2, -0.15) is 0 Å². The fraction of sp³-hybridized carbons (Fsp3) is 0.348. The van der Waals surface area contributed by atoms with Crippen LogP contribution in [0.3, 0.4) is 0 Å². The third kappa shape index (κ3) is 5.09. The molecule has 1 aliphatic heterocycles. The molecule has 1 heterocycles. The molecular weight excluding hydrogens is 368 g/mol. The van der Waals surface area contributed by atoms with Crippen molar-refractivity contribution in [3.63, 3.8) is 0 Å². The van der Waals surface area contributed by atoms with Crippen molar-refractivity contribution in [1.29, 1.82) is 0 Å². The smallest absolute Gasteiger partial charge is 0.261 e. The van der Waals surface area contributed by atoms with Crippen molar-refractivity contribution >= 4 is 17.7 Å². The number of nitrogens with one attached hydrogen (secondary N) is 1. The van der Waals surface area contributed by atoms with E-state index in [9.17, 15) is 14.4 Å². The van der Waals surface area contributed by atoms with Crippen LogP contribution in [0.5, 0.6) is 0 Å². The van der Waals surface area contributed by atoms with Crippen LogP contribution in [0.25, 0.3) is 0 Å². The zero-order chi connectivity index (χ0) is 20.8. The maximum absolute atomic E-state index is 12.4. The largest absolute Gasteiger partial charge is 0.381 e. The van der Waals surface area contributed by atoms with E-state index in [0.29, 0.717) is 35.8 Å². The Morgan fingerprint density at radius 1 is 1.00 bits per heavy atom. The lowest BCUT2D eigenvalue weighted by Gasteiger charge is -2.14. The van der Waals surface area contributed by atoms with Crippen molar-refractivity contribution in [3.8, 4) is 0 Å². The number of fused-ring (bicyclic) bond motifs is 1. The average Bonchev–Trinajstić information content (AvgIpc) is 2.96. The molecule has 0 saturated heterocycles. The summed E-state index contributed by atoms with van der Waals surface area (Å²) in [6, 6.07) is 13.8. The molecule has 2 aromatic rings. The molecule has 6 nitrogen and oxygen atoms in total. The molecule has 152 valence electrons. The summed E-state index contributed by atoms with van der Waals surface area (Å²) in [4.78, 5) is 38.4. The zero-order valence-corrected chi connectivity index (χ0v) is 16.8. The quantitative estimate of drug-likeness (QED) is 0.523. The lowest BCUT2D eigenvalue weighted by atomic mass is 10.1. The Bertz CT molecular complexity index is 855. The lowest BCUT2D eigenvalue weighted by Crippen LogP contribution is -2.29. The van der Waals surface area contributed by atoms with Gasteiger partial charge in [0.2, 0.25) is 0 Å². The molecule has 0 unspecified atom stereocenters. The molecule has 0 aromatic heterocycles. The first-order valence-electron chi connectivity index (χ1n) is 9.87. The fourth-order valence-electron chi connectivity index (χ4n) is 3.12. The molecule has 6 heteroatoms. The van der Waals surface area contributed by atoms with E-state index in [4.69, 9.17) is 4.74 Å². The summed E-state index contributed by atoms with van der Waals surface area (Å²) >= 11 is 0. The van der Waals surface area contributed by atoms with Crippen LogP contribution in [0.1, 0.15) is 56.9 Å². The first kappa shape index (κ1) is 20.7. The summed E-state index contributed by atoms with van der Waals surface area (Å²) in [5.74, 6) is -0.219. The second-order valence-electron chi connectivity index (χ2n) is 7.52. The molecule has 2 aromatic carbocycles. The SMILES string of the molecule is CC(C)COCCCNC(=O)c1ccc(CN2C(=O)c3ccccc3C2=O)cc1. The van der Waals surface area contributed by atoms with Gasteiger partial charge in [0.1, 0.15) is 0 Å². The highest BCUT2D eigenvalue weighted by Crippen LogP contribution is 2.24. The highest BCUT2D eigenvalue weighted by Gasteiger charge is 2.34. The van der Waals surface area contributed by atoms with E-state index < -0.39 is 0 Å². The summed E-state index contributed by atoms with van der Waals surface area (Å²) in [7, 11) is 0. The molecule has 0 bridgehead atoms. The topological polar surface area (TPSA) is 75.7 Å². The van der Waals surface area contributed by atoms with Gasteiger partial charge in [-0.1, -0.05) is 38.1 Å². The van der Waals surface area contributed by atoms with E-state index in [1.54, 1.807) is 48.5 Å². The number of hydrogen-bond acceptors (Lipinski definition) is 4. The Morgan fingerprint density at radius 3 is 2.21 bits per heavy atom. The van der Waals surface area contributed by atoms with Crippen LogP contribution in [0.15, 0.2) is 48.5 Å². The van der Waals surface area contributed by atoms with Gasteiger partial charge in [0.25, 0.3) is 17.7 Å².